The minimum absolute atomic E-state index is 0.162. The summed E-state index contributed by atoms with van der Waals surface area (Å²) in [5.41, 5.74) is 0. The lowest BCUT2D eigenvalue weighted by atomic mass is 10.1. The third kappa shape index (κ3) is 6.79. The van der Waals surface area contributed by atoms with E-state index in [-0.39, 0.29) is 15.8 Å². The number of hydrogen-bond donors (Lipinski definition) is 1. The normalized spacial score (nSPS) is 15.3. The summed E-state index contributed by atoms with van der Waals surface area (Å²) in [5, 5.41) is 9.55. The standard InChI is InChI=1S/C9H16Br2O3/c1-3-4-7(14-6(2)12)5-8(13)9(10)11/h7-9,13H,3-5H2,1-2H3/t7-,8+/m1/s1. The quantitative estimate of drug-likeness (QED) is 0.601. The molecule has 0 aliphatic heterocycles. The van der Waals surface area contributed by atoms with Crippen molar-refractivity contribution in [3.63, 3.8) is 0 Å². The molecule has 0 fully saturated rings. The highest BCUT2D eigenvalue weighted by molar-refractivity contribution is 9.24. The molecule has 0 spiro atoms. The molecule has 0 aliphatic rings. The number of aliphatic hydroxyl groups is 1. The molecule has 0 bridgehead atoms. The molecule has 0 saturated carbocycles. The van der Waals surface area contributed by atoms with Gasteiger partial charge in [0.05, 0.1) is 9.84 Å². The molecular formula is C9H16Br2O3. The van der Waals surface area contributed by atoms with E-state index < -0.39 is 6.10 Å². The second kappa shape index (κ2) is 7.65. The average Bonchev–Trinajstić information content (AvgIpc) is 2.02. The van der Waals surface area contributed by atoms with Gasteiger partial charge in [-0.25, -0.2) is 0 Å². The highest BCUT2D eigenvalue weighted by Gasteiger charge is 2.20. The van der Waals surface area contributed by atoms with Gasteiger partial charge in [0.15, 0.2) is 0 Å². The zero-order chi connectivity index (χ0) is 11.1. The van der Waals surface area contributed by atoms with Gasteiger partial charge in [0.25, 0.3) is 0 Å². The van der Waals surface area contributed by atoms with Crippen molar-refractivity contribution in [2.45, 2.75) is 49.1 Å². The predicted molar refractivity (Wildman–Crippen MR) is 62.7 cm³/mol. The van der Waals surface area contributed by atoms with Gasteiger partial charge >= 0.3 is 5.97 Å². The number of carbonyl (C=O) groups excluding carboxylic acids is 1. The van der Waals surface area contributed by atoms with E-state index in [1.165, 1.54) is 6.92 Å². The zero-order valence-corrected chi connectivity index (χ0v) is 11.5. The van der Waals surface area contributed by atoms with Gasteiger partial charge in [0, 0.05) is 13.3 Å². The summed E-state index contributed by atoms with van der Waals surface area (Å²) >= 11 is 6.42. The average molecular weight is 332 g/mol. The third-order valence-corrected chi connectivity index (χ3v) is 2.96. The van der Waals surface area contributed by atoms with Gasteiger partial charge in [-0.15, -0.1) is 0 Å². The highest BCUT2D eigenvalue weighted by atomic mass is 79.9. The molecule has 1 N–H and O–H groups in total. The summed E-state index contributed by atoms with van der Waals surface area (Å²) in [7, 11) is 0. The zero-order valence-electron chi connectivity index (χ0n) is 8.37. The molecular weight excluding hydrogens is 316 g/mol. The summed E-state index contributed by atoms with van der Waals surface area (Å²) in [6.45, 7) is 3.40. The third-order valence-electron chi connectivity index (χ3n) is 1.74. The molecule has 0 saturated heterocycles. The maximum Gasteiger partial charge on any atom is 0.302 e. The van der Waals surface area contributed by atoms with Crippen molar-refractivity contribution < 1.29 is 14.6 Å². The number of esters is 1. The molecule has 14 heavy (non-hydrogen) atoms. The van der Waals surface area contributed by atoms with Crippen molar-refractivity contribution >= 4 is 37.8 Å². The molecule has 0 aliphatic carbocycles. The van der Waals surface area contributed by atoms with Crippen molar-refractivity contribution in [3.05, 3.63) is 0 Å². The van der Waals surface area contributed by atoms with Gasteiger partial charge in [-0.1, -0.05) is 45.2 Å². The van der Waals surface area contributed by atoms with Crippen LogP contribution in [0.2, 0.25) is 0 Å². The summed E-state index contributed by atoms with van der Waals surface area (Å²) in [4.78, 5) is 10.8. The fraction of sp³-hybridized carbons (Fsp3) is 0.889. The Hall–Kier alpha value is 0.390. The maximum absolute atomic E-state index is 10.8. The van der Waals surface area contributed by atoms with Gasteiger partial charge in [-0.2, -0.15) is 0 Å². The SMILES string of the molecule is CCC[C@H](C[C@H](O)C(Br)Br)OC(C)=O. The van der Waals surface area contributed by atoms with Crippen LogP contribution in [0.1, 0.15) is 33.1 Å². The van der Waals surface area contributed by atoms with Crippen LogP contribution in [0, 0.1) is 0 Å². The largest absolute Gasteiger partial charge is 0.462 e. The topological polar surface area (TPSA) is 46.5 Å². The van der Waals surface area contributed by atoms with Crippen LogP contribution < -0.4 is 0 Å². The summed E-state index contributed by atoms with van der Waals surface area (Å²) in [6.07, 6.45) is 1.42. The van der Waals surface area contributed by atoms with Gasteiger partial charge < -0.3 is 9.84 Å². The minimum atomic E-state index is -0.550. The predicted octanol–water partition coefficient (Wildman–Crippen LogP) is 2.59. The van der Waals surface area contributed by atoms with Gasteiger partial charge in [0.1, 0.15) is 6.10 Å². The van der Waals surface area contributed by atoms with E-state index in [0.29, 0.717) is 6.42 Å². The first-order valence-corrected chi connectivity index (χ1v) is 6.44. The van der Waals surface area contributed by atoms with Gasteiger partial charge in [-0.3, -0.25) is 4.79 Å². The lowest BCUT2D eigenvalue weighted by molar-refractivity contribution is -0.147. The van der Waals surface area contributed by atoms with E-state index in [9.17, 15) is 9.90 Å². The van der Waals surface area contributed by atoms with Crippen LogP contribution >= 0.6 is 31.9 Å². The van der Waals surface area contributed by atoms with Gasteiger partial charge in [0.2, 0.25) is 0 Å². The molecule has 0 unspecified atom stereocenters. The van der Waals surface area contributed by atoms with Crippen molar-refractivity contribution in [1.82, 2.24) is 0 Å². The van der Waals surface area contributed by atoms with Crippen molar-refractivity contribution in [2.24, 2.45) is 0 Å². The Balaban J connectivity index is 4.01. The molecule has 0 aromatic rings. The Kier molecular flexibility index (Phi) is 7.86. The second-order valence-corrected chi connectivity index (χ2v) is 6.36. The van der Waals surface area contributed by atoms with Crippen LogP contribution in [-0.4, -0.2) is 27.0 Å². The molecule has 2 atom stereocenters. The van der Waals surface area contributed by atoms with Crippen molar-refractivity contribution in [1.29, 1.82) is 0 Å². The first-order valence-electron chi connectivity index (χ1n) is 4.60. The second-order valence-electron chi connectivity index (χ2n) is 3.16. The van der Waals surface area contributed by atoms with Gasteiger partial charge in [-0.05, 0) is 6.42 Å². The number of rotatable bonds is 6. The first-order chi connectivity index (χ1) is 6.47. The monoisotopic (exact) mass is 330 g/mol. The molecule has 0 rings (SSSR count). The Bertz CT molecular complexity index is 173. The summed E-state index contributed by atoms with van der Waals surface area (Å²) in [5.74, 6) is -0.295. The maximum atomic E-state index is 10.8. The Morgan fingerprint density at radius 3 is 2.43 bits per heavy atom. The van der Waals surface area contributed by atoms with E-state index in [2.05, 4.69) is 31.9 Å². The van der Waals surface area contributed by atoms with Crippen LogP contribution in [0.3, 0.4) is 0 Å². The van der Waals surface area contributed by atoms with E-state index in [1.807, 2.05) is 6.92 Å². The smallest absolute Gasteiger partial charge is 0.302 e. The van der Waals surface area contributed by atoms with Crippen LogP contribution in [0.25, 0.3) is 0 Å². The highest BCUT2D eigenvalue weighted by Crippen LogP contribution is 2.20. The Labute approximate surface area is 101 Å². The number of alkyl halides is 2. The van der Waals surface area contributed by atoms with Crippen LogP contribution in [0.4, 0.5) is 0 Å². The molecule has 5 heteroatoms. The van der Waals surface area contributed by atoms with E-state index in [0.717, 1.165) is 12.8 Å². The van der Waals surface area contributed by atoms with E-state index >= 15 is 0 Å². The molecule has 84 valence electrons. The molecule has 0 radical (unpaired) electrons. The molecule has 0 aromatic heterocycles. The van der Waals surface area contributed by atoms with E-state index in [4.69, 9.17) is 4.74 Å². The lowest BCUT2D eigenvalue weighted by Crippen LogP contribution is -2.26. The molecule has 0 amide bonds. The van der Waals surface area contributed by atoms with Crippen molar-refractivity contribution in [3.8, 4) is 0 Å². The first kappa shape index (κ1) is 14.4. The molecule has 3 nitrogen and oxygen atoms in total. The number of carbonyl (C=O) groups is 1. The Morgan fingerprint density at radius 1 is 1.50 bits per heavy atom. The van der Waals surface area contributed by atoms with Crippen LogP contribution in [0.15, 0.2) is 0 Å². The van der Waals surface area contributed by atoms with Crippen molar-refractivity contribution in [2.75, 3.05) is 0 Å². The Morgan fingerprint density at radius 2 is 2.07 bits per heavy atom. The molecule has 0 heterocycles. The summed E-state index contributed by atoms with van der Waals surface area (Å²) < 4.78 is 4.91. The van der Waals surface area contributed by atoms with Crippen LogP contribution in [0.5, 0.6) is 0 Å². The molecule has 0 aromatic carbocycles. The fourth-order valence-corrected chi connectivity index (χ4v) is 1.59. The number of halogens is 2. The minimum Gasteiger partial charge on any atom is -0.462 e. The number of hydrogen-bond acceptors (Lipinski definition) is 3. The lowest BCUT2D eigenvalue weighted by Gasteiger charge is -2.20. The number of aliphatic hydroxyl groups excluding tert-OH is 1. The number of ether oxygens (including phenoxy) is 1. The van der Waals surface area contributed by atoms with E-state index in [1.54, 1.807) is 0 Å². The summed E-state index contributed by atoms with van der Waals surface area (Å²) in [6, 6.07) is 0. The van der Waals surface area contributed by atoms with Crippen LogP contribution in [-0.2, 0) is 9.53 Å². The fourth-order valence-electron chi connectivity index (χ4n) is 1.15.